The fraction of sp³-hybridized carbons (Fsp3) is 0.190. The molecule has 0 saturated carbocycles. The number of piperazine rings is 1. The van der Waals surface area contributed by atoms with Crippen LogP contribution >= 0.6 is 11.6 Å². The van der Waals surface area contributed by atoms with Crippen LogP contribution in [-0.4, -0.2) is 57.7 Å². The molecule has 0 aliphatic carbocycles. The van der Waals surface area contributed by atoms with Gasteiger partial charge in [0.25, 0.3) is 5.91 Å². The second-order valence-electron chi connectivity index (χ2n) is 6.69. The van der Waals surface area contributed by atoms with Crippen LogP contribution in [0.15, 0.2) is 67.0 Å². The molecule has 2 heterocycles. The van der Waals surface area contributed by atoms with Crippen LogP contribution in [0.2, 0.25) is 5.02 Å². The van der Waals surface area contributed by atoms with E-state index < -0.39 is 0 Å². The molecule has 7 nitrogen and oxygen atoms in total. The third-order valence-electron chi connectivity index (χ3n) is 4.83. The topological polar surface area (TPSA) is 70.5 Å². The average Bonchev–Trinajstić information content (AvgIpc) is 3.28. The molecule has 4 rings (SSSR count). The zero-order valence-corrected chi connectivity index (χ0v) is 16.4. The maximum Gasteiger partial charge on any atom is 0.321 e. The summed E-state index contributed by atoms with van der Waals surface area (Å²) in [5.41, 5.74) is 2.01. The number of hydrogen-bond donors (Lipinski definition) is 1. The van der Waals surface area contributed by atoms with Crippen molar-refractivity contribution in [3.05, 3.63) is 77.6 Å². The first-order valence-corrected chi connectivity index (χ1v) is 9.69. The number of anilines is 1. The van der Waals surface area contributed by atoms with Gasteiger partial charge in [0, 0.05) is 49.8 Å². The van der Waals surface area contributed by atoms with Crippen LogP contribution < -0.4 is 5.32 Å². The van der Waals surface area contributed by atoms with Crippen molar-refractivity contribution in [1.82, 2.24) is 19.6 Å². The molecule has 0 spiro atoms. The highest BCUT2D eigenvalue weighted by Crippen LogP contribution is 2.24. The monoisotopic (exact) mass is 409 g/mol. The Kier molecular flexibility index (Phi) is 5.48. The van der Waals surface area contributed by atoms with Crippen LogP contribution in [0.3, 0.4) is 0 Å². The number of benzene rings is 2. The highest BCUT2D eigenvalue weighted by Gasteiger charge is 2.25. The predicted octanol–water partition coefficient (Wildman–Crippen LogP) is 3.52. The molecule has 2 aromatic carbocycles. The van der Waals surface area contributed by atoms with Crippen LogP contribution in [0.25, 0.3) is 5.69 Å². The Bertz CT molecular complexity index is 999. The van der Waals surface area contributed by atoms with Crippen LogP contribution in [0.4, 0.5) is 10.5 Å². The average molecular weight is 410 g/mol. The van der Waals surface area contributed by atoms with Crippen molar-refractivity contribution in [1.29, 1.82) is 0 Å². The van der Waals surface area contributed by atoms with Crippen LogP contribution in [0.5, 0.6) is 0 Å². The molecular formula is C21H20ClN5O2. The van der Waals surface area contributed by atoms with Gasteiger partial charge in [0.1, 0.15) is 0 Å². The number of amides is 3. The van der Waals surface area contributed by atoms with E-state index in [4.69, 9.17) is 11.6 Å². The first kappa shape index (κ1) is 19.0. The molecule has 29 heavy (non-hydrogen) atoms. The van der Waals surface area contributed by atoms with Crippen molar-refractivity contribution in [2.75, 3.05) is 31.5 Å². The minimum Gasteiger partial charge on any atom is -0.335 e. The Morgan fingerprint density at radius 2 is 1.66 bits per heavy atom. The summed E-state index contributed by atoms with van der Waals surface area (Å²) in [4.78, 5) is 28.6. The van der Waals surface area contributed by atoms with Crippen LogP contribution in [0.1, 0.15) is 10.4 Å². The molecular weight excluding hydrogens is 390 g/mol. The molecule has 148 valence electrons. The number of hydrogen-bond acceptors (Lipinski definition) is 3. The number of carbonyl (C=O) groups is 2. The van der Waals surface area contributed by atoms with Crippen LogP contribution in [0, 0.1) is 0 Å². The van der Waals surface area contributed by atoms with E-state index >= 15 is 0 Å². The minimum atomic E-state index is -0.209. The SMILES string of the molecule is O=C(Nc1ccc(-n2cccn2)c(Cl)c1)N1CCN(C(=O)c2ccccc2)CC1. The molecule has 1 saturated heterocycles. The van der Waals surface area contributed by atoms with Gasteiger partial charge >= 0.3 is 6.03 Å². The number of carbonyl (C=O) groups excluding carboxylic acids is 2. The maximum absolute atomic E-state index is 12.6. The summed E-state index contributed by atoms with van der Waals surface area (Å²) in [5.74, 6) is -0.00773. The standard InChI is InChI=1S/C21H20ClN5O2/c22-18-15-17(7-8-19(18)27-10-4-9-23-27)24-21(29)26-13-11-25(12-14-26)20(28)16-5-2-1-3-6-16/h1-10,15H,11-14H2,(H,24,29). The summed E-state index contributed by atoms with van der Waals surface area (Å²) < 4.78 is 1.66. The van der Waals surface area contributed by atoms with Crippen molar-refractivity contribution in [2.45, 2.75) is 0 Å². The molecule has 3 aromatic rings. The van der Waals surface area contributed by atoms with Crippen molar-refractivity contribution >= 4 is 29.2 Å². The van der Waals surface area contributed by atoms with Crippen molar-refractivity contribution in [3.63, 3.8) is 0 Å². The molecule has 0 atom stereocenters. The lowest BCUT2D eigenvalue weighted by Crippen LogP contribution is -2.51. The van der Waals surface area contributed by atoms with Crippen LogP contribution in [-0.2, 0) is 0 Å². The number of rotatable bonds is 3. The maximum atomic E-state index is 12.6. The van der Waals surface area contributed by atoms with Gasteiger partial charge in [0.05, 0.1) is 10.7 Å². The summed E-state index contributed by atoms with van der Waals surface area (Å²) in [6, 6.07) is 16.1. The molecule has 1 aliphatic heterocycles. The number of nitrogens with one attached hydrogen (secondary N) is 1. The molecule has 8 heteroatoms. The fourth-order valence-corrected chi connectivity index (χ4v) is 3.53. The van der Waals surface area contributed by atoms with Crippen molar-refractivity contribution in [2.24, 2.45) is 0 Å². The summed E-state index contributed by atoms with van der Waals surface area (Å²) >= 11 is 6.33. The normalized spacial score (nSPS) is 14.0. The Morgan fingerprint density at radius 1 is 0.931 bits per heavy atom. The van der Waals surface area contributed by atoms with Gasteiger partial charge < -0.3 is 15.1 Å². The van der Waals surface area contributed by atoms with Gasteiger partial charge in [0.15, 0.2) is 0 Å². The van der Waals surface area contributed by atoms with Gasteiger partial charge in [-0.25, -0.2) is 9.48 Å². The third kappa shape index (κ3) is 4.25. The van der Waals surface area contributed by atoms with Crippen molar-refractivity contribution < 1.29 is 9.59 Å². The summed E-state index contributed by atoms with van der Waals surface area (Å²) in [6.45, 7) is 1.95. The van der Waals surface area contributed by atoms with E-state index in [0.717, 1.165) is 5.69 Å². The van der Waals surface area contributed by atoms with Gasteiger partial charge in [0.2, 0.25) is 0 Å². The Labute approximate surface area is 173 Å². The lowest BCUT2D eigenvalue weighted by Gasteiger charge is -2.34. The molecule has 0 unspecified atom stereocenters. The summed E-state index contributed by atoms with van der Waals surface area (Å²) in [5, 5.41) is 7.52. The Balaban J connectivity index is 1.34. The molecule has 1 aliphatic rings. The van der Waals surface area contributed by atoms with Crippen molar-refractivity contribution in [3.8, 4) is 5.69 Å². The minimum absolute atomic E-state index is 0.00773. The first-order chi connectivity index (χ1) is 14.1. The van der Waals surface area contributed by atoms with E-state index in [-0.39, 0.29) is 11.9 Å². The fourth-order valence-electron chi connectivity index (χ4n) is 3.26. The highest BCUT2D eigenvalue weighted by molar-refractivity contribution is 6.32. The van der Waals surface area contributed by atoms with E-state index in [1.165, 1.54) is 0 Å². The molecule has 1 fully saturated rings. The number of halogens is 1. The summed E-state index contributed by atoms with van der Waals surface area (Å²) in [7, 11) is 0. The van der Waals surface area contributed by atoms with E-state index in [1.54, 1.807) is 57.2 Å². The van der Waals surface area contributed by atoms with E-state index in [9.17, 15) is 9.59 Å². The highest BCUT2D eigenvalue weighted by atomic mass is 35.5. The molecule has 1 N–H and O–H groups in total. The number of aromatic nitrogens is 2. The summed E-state index contributed by atoms with van der Waals surface area (Å²) in [6.07, 6.45) is 3.48. The lowest BCUT2D eigenvalue weighted by atomic mass is 10.2. The zero-order chi connectivity index (χ0) is 20.2. The second-order valence-corrected chi connectivity index (χ2v) is 7.10. The molecule has 0 bridgehead atoms. The first-order valence-electron chi connectivity index (χ1n) is 9.31. The molecule has 3 amide bonds. The van der Waals surface area contributed by atoms with Gasteiger partial charge in [-0.1, -0.05) is 29.8 Å². The third-order valence-corrected chi connectivity index (χ3v) is 5.13. The van der Waals surface area contributed by atoms with Gasteiger partial charge in [-0.05, 0) is 36.4 Å². The van der Waals surface area contributed by atoms with Gasteiger partial charge in [-0.15, -0.1) is 0 Å². The molecule has 1 aromatic heterocycles. The largest absolute Gasteiger partial charge is 0.335 e. The Hall–Kier alpha value is -3.32. The number of urea groups is 1. The van der Waals surface area contributed by atoms with E-state index in [0.29, 0.717) is 42.5 Å². The quantitative estimate of drug-likeness (QED) is 0.719. The van der Waals surface area contributed by atoms with Gasteiger partial charge in [-0.3, -0.25) is 4.79 Å². The smallest absolute Gasteiger partial charge is 0.321 e. The number of nitrogens with zero attached hydrogens (tertiary/aromatic N) is 4. The Morgan fingerprint density at radius 3 is 2.31 bits per heavy atom. The van der Waals surface area contributed by atoms with Gasteiger partial charge in [-0.2, -0.15) is 5.10 Å². The second kappa shape index (κ2) is 8.36. The van der Waals surface area contributed by atoms with E-state index in [2.05, 4.69) is 10.4 Å². The molecule has 0 radical (unpaired) electrons. The predicted molar refractivity (Wildman–Crippen MR) is 112 cm³/mol. The lowest BCUT2D eigenvalue weighted by molar-refractivity contribution is 0.0671. The zero-order valence-electron chi connectivity index (χ0n) is 15.7. The van der Waals surface area contributed by atoms with E-state index in [1.807, 2.05) is 24.3 Å².